The molecule has 3 nitrogen and oxygen atoms in total. The third kappa shape index (κ3) is 2.33. The number of hydrogen-bond donors (Lipinski definition) is 0. The molecule has 1 aromatic carbocycles. The highest BCUT2D eigenvalue weighted by Crippen LogP contribution is 2.44. The number of amides is 1. The van der Waals surface area contributed by atoms with Crippen LogP contribution < -0.4 is 4.90 Å². The first-order chi connectivity index (χ1) is 10.3. The van der Waals surface area contributed by atoms with Gasteiger partial charge >= 0.3 is 6.18 Å². The van der Waals surface area contributed by atoms with Crippen LogP contribution in [0.2, 0.25) is 5.15 Å². The minimum absolute atomic E-state index is 0.165. The number of pyridine rings is 1. The Morgan fingerprint density at radius 1 is 1.23 bits per heavy atom. The van der Waals surface area contributed by atoms with Crippen LogP contribution in [0.25, 0.3) is 0 Å². The van der Waals surface area contributed by atoms with Crippen molar-refractivity contribution in [3.05, 3.63) is 52.8 Å². The Kier molecular flexibility index (Phi) is 3.36. The maximum absolute atomic E-state index is 12.9. The molecule has 0 spiro atoms. The average Bonchev–Trinajstić information content (AvgIpc) is 2.69. The van der Waals surface area contributed by atoms with Crippen molar-refractivity contribution in [2.75, 3.05) is 4.90 Å². The summed E-state index contributed by atoms with van der Waals surface area (Å²) < 4.78 is 38.7. The number of alkyl halides is 3. The van der Waals surface area contributed by atoms with Gasteiger partial charge in [0.2, 0.25) is 5.91 Å². The molecule has 0 saturated heterocycles. The summed E-state index contributed by atoms with van der Waals surface area (Å²) in [6.07, 6.45) is -3.06. The van der Waals surface area contributed by atoms with E-state index in [9.17, 15) is 18.0 Å². The van der Waals surface area contributed by atoms with Crippen LogP contribution in [0.4, 0.5) is 24.5 Å². The molecule has 22 heavy (non-hydrogen) atoms. The van der Waals surface area contributed by atoms with E-state index in [0.717, 1.165) is 12.1 Å². The normalized spacial score (nSPS) is 17.8. The number of carbonyl (C=O) groups is 1. The summed E-state index contributed by atoms with van der Waals surface area (Å²) in [5.74, 6) is -0.805. The number of aromatic nitrogens is 1. The first kappa shape index (κ1) is 14.8. The van der Waals surface area contributed by atoms with E-state index in [1.807, 2.05) is 0 Å². The highest BCUT2D eigenvalue weighted by atomic mass is 35.5. The fraction of sp³-hybridized carbons (Fsp3) is 0.200. The van der Waals surface area contributed by atoms with E-state index in [4.69, 9.17) is 11.6 Å². The number of hydrogen-bond acceptors (Lipinski definition) is 2. The maximum Gasteiger partial charge on any atom is 0.416 e. The van der Waals surface area contributed by atoms with E-state index < -0.39 is 17.7 Å². The lowest BCUT2D eigenvalue weighted by molar-refractivity contribution is -0.137. The minimum atomic E-state index is -4.47. The minimum Gasteiger partial charge on any atom is -0.280 e. The van der Waals surface area contributed by atoms with E-state index in [1.165, 1.54) is 29.3 Å². The summed E-state index contributed by atoms with van der Waals surface area (Å²) in [4.78, 5) is 17.5. The van der Waals surface area contributed by atoms with Gasteiger partial charge in [-0.3, -0.25) is 9.69 Å². The molecular formula is C15H10ClF3N2O. The van der Waals surface area contributed by atoms with Crippen molar-refractivity contribution in [1.29, 1.82) is 0 Å². The highest BCUT2D eigenvalue weighted by Gasteiger charge is 2.38. The number of halogens is 4. The van der Waals surface area contributed by atoms with E-state index in [2.05, 4.69) is 4.98 Å². The number of fused-ring (bicyclic) bond motifs is 1. The molecule has 0 radical (unpaired) electrons. The molecule has 1 aliphatic heterocycles. The number of anilines is 2. The van der Waals surface area contributed by atoms with Gasteiger partial charge in [-0.2, -0.15) is 13.2 Å². The van der Waals surface area contributed by atoms with Crippen LogP contribution in [0.3, 0.4) is 0 Å². The Bertz CT molecular complexity index is 761. The Balaban J connectivity index is 2.17. The van der Waals surface area contributed by atoms with E-state index in [-0.39, 0.29) is 16.7 Å². The molecule has 1 aliphatic rings. The van der Waals surface area contributed by atoms with Crippen LogP contribution in [0, 0.1) is 0 Å². The zero-order valence-corrected chi connectivity index (χ0v) is 12.1. The molecule has 1 amide bonds. The van der Waals surface area contributed by atoms with Gasteiger partial charge in [-0.1, -0.05) is 17.7 Å². The molecule has 0 bridgehead atoms. The summed E-state index contributed by atoms with van der Waals surface area (Å²) in [7, 11) is 0. The molecule has 0 fully saturated rings. The molecule has 114 valence electrons. The van der Waals surface area contributed by atoms with Gasteiger partial charge in [0.1, 0.15) is 5.15 Å². The molecule has 1 unspecified atom stereocenters. The van der Waals surface area contributed by atoms with Crippen LogP contribution in [0.5, 0.6) is 0 Å². The average molecular weight is 327 g/mol. The Hall–Kier alpha value is -2.08. The Morgan fingerprint density at radius 3 is 2.59 bits per heavy atom. The first-order valence-corrected chi connectivity index (χ1v) is 6.83. The SMILES string of the molecule is CC1C(=O)N(c2ccnc(Cl)c2)c2cc(C(F)(F)F)ccc21. The fourth-order valence-electron chi connectivity index (χ4n) is 2.52. The second-order valence-electron chi connectivity index (χ2n) is 5.00. The van der Waals surface area contributed by atoms with Gasteiger partial charge in [0.05, 0.1) is 22.9 Å². The van der Waals surface area contributed by atoms with Crippen LogP contribution in [0.15, 0.2) is 36.5 Å². The van der Waals surface area contributed by atoms with Crippen molar-refractivity contribution in [3.8, 4) is 0 Å². The molecule has 2 heterocycles. The van der Waals surface area contributed by atoms with Gasteiger partial charge in [-0.15, -0.1) is 0 Å². The van der Waals surface area contributed by atoms with E-state index in [0.29, 0.717) is 11.3 Å². The van der Waals surface area contributed by atoms with E-state index in [1.54, 1.807) is 6.92 Å². The van der Waals surface area contributed by atoms with Gasteiger partial charge in [-0.05, 0) is 36.8 Å². The van der Waals surface area contributed by atoms with Crippen LogP contribution in [0.1, 0.15) is 24.0 Å². The van der Waals surface area contributed by atoms with Crippen molar-refractivity contribution in [2.45, 2.75) is 19.0 Å². The predicted molar refractivity (Wildman–Crippen MR) is 76.3 cm³/mol. The maximum atomic E-state index is 12.9. The second kappa shape index (κ2) is 4.98. The predicted octanol–water partition coefficient (Wildman–Crippen LogP) is 4.54. The molecule has 1 atom stereocenters. The Morgan fingerprint density at radius 2 is 1.95 bits per heavy atom. The van der Waals surface area contributed by atoms with Crippen molar-refractivity contribution >= 4 is 28.9 Å². The lowest BCUT2D eigenvalue weighted by Gasteiger charge is -2.19. The molecule has 0 N–H and O–H groups in total. The topological polar surface area (TPSA) is 33.2 Å². The van der Waals surface area contributed by atoms with Crippen LogP contribution >= 0.6 is 11.6 Å². The quantitative estimate of drug-likeness (QED) is 0.721. The smallest absolute Gasteiger partial charge is 0.280 e. The highest BCUT2D eigenvalue weighted by molar-refractivity contribution is 6.29. The summed E-state index contributed by atoms with van der Waals surface area (Å²) in [5, 5.41) is 0.165. The van der Waals surface area contributed by atoms with Crippen molar-refractivity contribution in [3.63, 3.8) is 0 Å². The molecular weight excluding hydrogens is 317 g/mol. The van der Waals surface area contributed by atoms with E-state index >= 15 is 0 Å². The van der Waals surface area contributed by atoms with Gasteiger partial charge in [0.25, 0.3) is 0 Å². The molecule has 0 saturated carbocycles. The second-order valence-corrected chi connectivity index (χ2v) is 5.39. The molecule has 0 aliphatic carbocycles. The zero-order chi connectivity index (χ0) is 16.1. The van der Waals surface area contributed by atoms with Crippen molar-refractivity contribution in [1.82, 2.24) is 4.98 Å². The lowest BCUT2D eigenvalue weighted by atomic mass is 10.0. The molecule has 2 aromatic rings. The Labute approximate surface area is 129 Å². The molecule has 3 rings (SSSR count). The fourth-order valence-corrected chi connectivity index (χ4v) is 2.69. The van der Waals surface area contributed by atoms with Crippen molar-refractivity contribution in [2.24, 2.45) is 0 Å². The summed E-state index contributed by atoms with van der Waals surface area (Å²) in [5.41, 5.74) is 0.397. The third-order valence-electron chi connectivity index (χ3n) is 3.62. The van der Waals surface area contributed by atoms with Crippen molar-refractivity contribution < 1.29 is 18.0 Å². The third-order valence-corrected chi connectivity index (χ3v) is 3.83. The lowest BCUT2D eigenvalue weighted by Crippen LogP contribution is -2.22. The zero-order valence-electron chi connectivity index (χ0n) is 11.4. The monoisotopic (exact) mass is 326 g/mol. The number of rotatable bonds is 1. The van der Waals surface area contributed by atoms with Gasteiger partial charge in [0, 0.05) is 6.20 Å². The van der Waals surface area contributed by atoms with Gasteiger partial charge < -0.3 is 0 Å². The largest absolute Gasteiger partial charge is 0.416 e. The first-order valence-electron chi connectivity index (χ1n) is 6.45. The van der Waals surface area contributed by atoms with Gasteiger partial charge in [0.15, 0.2) is 0 Å². The van der Waals surface area contributed by atoms with Crippen LogP contribution in [-0.4, -0.2) is 10.9 Å². The van der Waals surface area contributed by atoms with Crippen LogP contribution in [-0.2, 0) is 11.0 Å². The number of carbonyl (C=O) groups excluding carboxylic acids is 1. The summed E-state index contributed by atoms with van der Waals surface area (Å²) in [6.45, 7) is 1.66. The summed E-state index contributed by atoms with van der Waals surface area (Å²) in [6, 6.07) is 6.31. The molecule has 7 heteroatoms. The van der Waals surface area contributed by atoms with Gasteiger partial charge in [-0.25, -0.2) is 4.98 Å². The summed E-state index contributed by atoms with van der Waals surface area (Å²) >= 11 is 5.81. The molecule has 1 aromatic heterocycles. The number of benzene rings is 1. The standard InChI is InChI=1S/C15H10ClF3N2O/c1-8-11-3-2-9(15(17,18)19)6-12(11)21(14(8)22)10-4-5-20-13(16)7-10/h2-8H,1H3. The number of nitrogens with zero attached hydrogens (tertiary/aromatic N) is 2.